The van der Waals surface area contributed by atoms with Crippen LogP contribution in [0.4, 0.5) is 0 Å². The van der Waals surface area contributed by atoms with Gasteiger partial charge in [0.05, 0.1) is 0 Å². The molecule has 0 saturated carbocycles. The highest BCUT2D eigenvalue weighted by Gasteiger charge is 2.46. The van der Waals surface area contributed by atoms with Crippen molar-refractivity contribution < 1.29 is 4.79 Å². The van der Waals surface area contributed by atoms with Gasteiger partial charge in [-0.1, -0.05) is 88.9 Å². The summed E-state index contributed by atoms with van der Waals surface area (Å²) < 4.78 is 0. The number of likely N-dealkylation sites (N-methyl/N-ethyl adjacent to an activating group) is 1. The molecule has 3 aromatic carbocycles. The molecule has 1 heterocycles. The first-order chi connectivity index (χ1) is 15.0. The number of nitrogens with zero attached hydrogens (tertiary/aromatic N) is 1. The van der Waals surface area contributed by atoms with Crippen molar-refractivity contribution in [2.75, 3.05) is 7.05 Å². The average Bonchev–Trinajstić information content (AvgIpc) is 2.81. The van der Waals surface area contributed by atoms with E-state index in [1.807, 2.05) is 25.8 Å². The van der Waals surface area contributed by atoms with Gasteiger partial charge in [-0.2, -0.15) is 0 Å². The lowest BCUT2D eigenvalue weighted by molar-refractivity contribution is -0.138. The molecule has 1 aliphatic carbocycles. The van der Waals surface area contributed by atoms with Crippen molar-refractivity contribution >= 4 is 16.7 Å². The number of aryl methyl sites for hydroxylation is 3. The number of rotatable bonds is 3. The minimum atomic E-state index is 0. The molecule has 170 valence electrons. The van der Waals surface area contributed by atoms with Crippen LogP contribution >= 0.6 is 0 Å². The molecule has 2 heteroatoms. The predicted octanol–water partition coefficient (Wildman–Crippen LogP) is 7.11. The van der Waals surface area contributed by atoms with E-state index < -0.39 is 0 Å². The molecule has 0 spiro atoms. The van der Waals surface area contributed by atoms with Crippen molar-refractivity contribution in [1.82, 2.24) is 4.90 Å². The smallest absolute Gasteiger partial charge is 0.222 e. The highest BCUT2D eigenvalue weighted by atomic mass is 16.2. The number of hydrogen-bond donors (Lipinski definition) is 0. The van der Waals surface area contributed by atoms with Crippen LogP contribution in [0.15, 0.2) is 60.7 Å². The Labute approximate surface area is 194 Å². The van der Waals surface area contributed by atoms with Crippen molar-refractivity contribution in [1.29, 1.82) is 0 Å². The maximum atomic E-state index is 12.2. The van der Waals surface area contributed by atoms with E-state index in [1.165, 1.54) is 33.0 Å². The standard InChI is InChI=1S/C27H29NO.C2H6.CH4/c1-27-16-15-26(29)28(2)25(27)14-12-23-18-20(10-13-24(23)27)8-7-19-9-11-21-5-3-4-6-22(21)17-19;1-2;/h3-6,9-11,13,17-18,25H,7-8,12,14-16H2,1-2H3;1-2H3;1H4. The Morgan fingerprint density at radius 1 is 0.906 bits per heavy atom. The Morgan fingerprint density at radius 2 is 1.56 bits per heavy atom. The maximum absolute atomic E-state index is 12.2. The van der Waals surface area contributed by atoms with Gasteiger partial charge in [0.1, 0.15) is 0 Å². The van der Waals surface area contributed by atoms with Gasteiger partial charge in [0, 0.05) is 24.9 Å². The SMILES string of the molecule is C.CC.CN1C(=O)CCC2(C)c3ccc(CCc4ccc5ccccc5c4)cc3CCC12. The summed E-state index contributed by atoms with van der Waals surface area (Å²) in [6, 6.07) is 22.9. The van der Waals surface area contributed by atoms with Gasteiger partial charge in [0.2, 0.25) is 5.91 Å². The molecule has 1 saturated heterocycles. The van der Waals surface area contributed by atoms with E-state index >= 15 is 0 Å². The van der Waals surface area contributed by atoms with E-state index in [0.29, 0.717) is 18.4 Å². The van der Waals surface area contributed by atoms with E-state index in [2.05, 4.69) is 67.6 Å². The lowest BCUT2D eigenvalue weighted by Crippen LogP contribution is -2.56. The first kappa shape index (κ1) is 24.0. The Morgan fingerprint density at radius 3 is 2.31 bits per heavy atom. The van der Waals surface area contributed by atoms with Crippen LogP contribution in [-0.4, -0.2) is 23.9 Å². The molecule has 2 aliphatic rings. The largest absolute Gasteiger partial charge is 0.342 e. The first-order valence-corrected chi connectivity index (χ1v) is 11.9. The van der Waals surface area contributed by atoms with Crippen LogP contribution in [0.2, 0.25) is 0 Å². The van der Waals surface area contributed by atoms with Crippen LogP contribution in [0.1, 0.15) is 69.7 Å². The molecule has 2 atom stereocenters. The minimum Gasteiger partial charge on any atom is -0.342 e. The number of likely N-dealkylation sites (tertiary alicyclic amines) is 1. The third-order valence-corrected chi connectivity index (χ3v) is 7.44. The number of fused-ring (bicyclic) bond motifs is 4. The molecule has 1 fully saturated rings. The lowest BCUT2D eigenvalue weighted by atomic mass is 9.63. The number of amides is 1. The normalized spacial score (nSPS) is 21.7. The molecule has 0 aromatic heterocycles. The van der Waals surface area contributed by atoms with Crippen molar-refractivity contribution in [3.05, 3.63) is 82.9 Å². The third kappa shape index (κ3) is 4.33. The summed E-state index contributed by atoms with van der Waals surface area (Å²) in [4.78, 5) is 14.2. The molecule has 2 unspecified atom stereocenters. The average molecular weight is 430 g/mol. The zero-order chi connectivity index (χ0) is 22.0. The van der Waals surface area contributed by atoms with Crippen molar-refractivity contribution in [3.63, 3.8) is 0 Å². The predicted molar refractivity (Wildman–Crippen MR) is 137 cm³/mol. The van der Waals surface area contributed by atoms with Gasteiger partial charge in [-0.15, -0.1) is 0 Å². The fraction of sp³-hybridized carbons (Fsp3) is 0.433. The van der Waals surface area contributed by atoms with E-state index in [9.17, 15) is 4.79 Å². The van der Waals surface area contributed by atoms with Crippen LogP contribution < -0.4 is 0 Å². The summed E-state index contributed by atoms with van der Waals surface area (Å²) in [5.41, 5.74) is 5.91. The van der Waals surface area contributed by atoms with Gasteiger partial charge < -0.3 is 4.90 Å². The second kappa shape index (κ2) is 9.90. The zero-order valence-corrected chi connectivity index (χ0v) is 19.4. The number of hydrogen-bond acceptors (Lipinski definition) is 1. The van der Waals surface area contributed by atoms with Gasteiger partial charge in [-0.3, -0.25) is 4.79 Å². The molecule has 0 N–H and O–H groups in total. The van der Waals surface area contributed by atoms with Gasteiger partial charge >= 0.3 is 0 Å². The summed E-state index contributed by atoms with van der Waals surface area (Å²) in [5, 5.41) is 2.63. The molecular formula is C30H39NO. The third-order valence-electron chi connectivity index (χ3n) is 7.44. The fourth-order valence-electron chi connectivity index (χ4n) is 5.68. The number of carbonyl (C=O) groups excluding carboxylic acids is 1. The second-order valence-corrected chi connectivity index (χ2v) is 9.15. The van der Waals surface area contributed by atoms with Crippen molar-refractivity contribution in [3.8, 4) is 0 Å². The highest BCUT2D eigenvalue weighted by molar-refractivity contribution is 5.83. The van der Waals surface area contributed by atoms with Crippen LogP contribution in [-0.2, 0) is 29.5 Å². The van der Waals surface area contributed by atoms with E-state index in [-0.39, 0.29) is 12.8 Å². The van der Waals surface area contributed by atoms with Crippen LogP contribution in [0.25, 0.3) is 10.8 Å². The summed E-state index contributed by atoms with van der Waals surface area (Å²) in [6.07, 6.45) is 5.96. The highest BCUT2D eigenvalue weighted by Crippen LogP contribution is 2.45. The Bertz CT molecular complexity index is 1090. The Hall–Kier alpha value is -2.61. The van der Waals surface area contributed by atoms with Gasteiger partial charge in [0.15, 0.2) is 0 Å². The first-order valence-electron chi connectivity index (χ1n) is 11.9. The molecule has 2 nitrogen and oxygen atoms in total. The minimum absolute atomic E-state index is 0. The zero-order valence-electron chi connectivity index (χ0n) is 19.4. The van der Waals surface area contributed by atoms with Crippen molar-refractivity contribution in [2.45, 2.75) is 78.2 Å². The molecule has 5 rings (SSSR count). The van der Waals surface area contributed by atoms with E-state index in [4.69, 9.17) is 0 Å². The number of carbonyl (C=O) groups is 1. The van der Waals surface area contributed by atoms with Crippen LogP contribution in [0, 0.1) is 0 Å². The summed E-state index contributed by atoms with van der Waals surface area (Å²) in [6.45, 7) is 6.37. The molecular weight excluding hydrogens is 390 g/mol. The van der Waals surface area contributed by atoms with Crippen LogP contribution in [0.5, 0.6) is 0 Å². The summed E-state index contributed by atoms with van der Waals surface area (Å²) in [7, 11) is 1.99. The summed E-state index contributed by atoms with van der Waals surface area (Å²) in [5.74, 6) is 0.308. The van der Waals surface area contributed by atoms with Gasteiger partial charge in [-0.05, 0) is 65.1 Å². The molecule has 0 bridgehead atoms. The Balaban J connectivity index is 0.000000938. The number of benzene rings is 3. The van der Waals surface area contributed by atoms with Crippen LogP contribution in [0.3, 0.4) is 0 Å². The number of piperidine rings is 1. The van der Waals surface area contributed by atoms with Crippen molar-refractivity contribution in [2.24, 2.45) is 0 Å². The van der Waals surface area contributed by atoms with E-state index in [1.54, 1.807) is 0 Å². The van der Waals surface area contributed by atoms with Gasteiger partial charge in [0.25, 0.3) is 0 Å². The fourth-order valence-corrected chi connectivity index (χ4v) is 5.68. The molecule has 0 radical (unpaired) electrons. The monoisotopic (exact) mass is 429 g/mol. The maximum Gasteiger partial charge on any atom is 0.222 e. The van der Waals surface area contributed by atoms with Gasteiger partial charge in [-0.25, -0.2) is 0 Å². The molecule has 1 amide bonds. The quantitative estimate of drug-likeness (QED) is 0.434. The molecule has 3 aromatic rings. The molecule has 32 heavy (non-hydrogen) atoms. The lowest BCUT2D eigenvalue weighted by Gasteiger charge is -2.50. The Kier molecular flexibility index (Phi) is 7.44. The van der Waals surface area contributed by atoms with E-state index in [0.717, 1.165) is 32.1 Å². The second-order valence-electron chi connectivity index (χ2n) is 9.15. The topological polar surface area (TPSA) is 20.3 Å². The molecule has 1 aliphatic heterocycles. The summed E-state index contributed by atoms with van der Waals surface area (Å²) >= 11 is 0.